The van der Waals surface area contributed by atoms with E-state index < -0.39 is 29.7 Å². The number of halogens is 3. The molecule has 180 valence electrons. The van der Waals surface area contributed by atoms with Crippen LogP contribution in [-0.4, -0.2) is 37.1 Å². The fraction of sp³-hybridized carbons (Fsp3) is 0.333. The van der Waals surface area contributed by atoms with Gasteiger partial charge in [0.2, 0.25) is 0 Å². The molecule has 2 N–H and O–H groups in total. The van der Waals surface area contributed by atoms with Gasteiger partial charge in [-0.2, -0.15) is 13.2 Å². The normalized spacial score (nSPS) is 18.5. The van der Waals surface area contributed by atoms with Gasteiger partial charge in [0.25, 0.3) is 5.91 Å². The molecular formula is C24H24F3N3O4. The molecule has 3 amide bonds. The van der Waals surface area contributed by atoms with E-state index in [1.54, 1.807) is 25.1 Å². The maximum atomic E-state index is 13.8. The summed E-state index contributed by atoms with van der Waals surface area (Å²) in [5.74, 6) is 0.146. The number of carbonyl (C=O) groups excluding carboxylic acids is 2. The van der Waals surface area contributed by atoms with E-state index >= 15 is 0 Å². The van der Waals surface area contributed by atoms with Gasteiger partial charge in [0, 0.05) is 17.8 Å². The molecule has 2 aromatic rings. The number of nitrogens with zero attached hydrogens (tertiary/aromatic N) is 1. The van der Waals surface area contributed by atoms with Crippen molar-refractivity contribution >= 4 is 17.6 Å². The Hall–Kier alpha value is -3.69. The van der Waals surface area contributed by atoms with Crippen molar-refractivity contribution in [2.45, 2.75) is 38.0 Å². The topological polar surface area (TPSA) is 79.9 Å². The monoisotopic (exact) mass is 475 g/mol. The van der Waals surface area contributed by atoms with E-state index in [4.69, 9.17) is 9.47 Å². The molecule has 1 saturated carbocycles. The first-order chi connectivity index (χ1) is 16.2. The molecule has 0 unspecified atom stereocenters. The molecule has 1 fully saturated rings. The highest BCUT2D eigenvalue weighted by Gasteiger charge is 2.44. The molecule has 0 spiro atoms. The SMILES string of the molecule is COc1ccc(OC)c(NC(=O)C2=C(C)N(C3CC3)C(=O)N[C@@H]2c2ccccc2C(F)(F)F)c1. The van der Waals surface area contributed by atoms with Gasteiger partial charge in [-0.05, 0) is 43.5 Å². The van der Waals surface area contributed by atoms with Crippen molar-refractivity contribution in [1.29, 1.82) is 0 Å². The van der Waals surface area contributed by atoms with Crippen LogP contribution in [0.1, 0.15) is 36.9 Å². The highest BCUT2D eigenvalue weighted by molar-refractivity contribution is 6.07. The largest absolute Gasteiger partial charge is 0.497 e. The van der Waals surface area contributed by atoms with Crippen LogP contribution >= 0.6 is 0 Å². The smallest absolute Gasteiger partial charge is 0.416 e. The van der Waals surface area contributed by atoms with Gasteiger partial charge in [-0.25, -0.2) is 4.79 Å². The lowest BCUT2D eigenvalue weighted by molar-refractivity contribution is -0.138. The van der Waals surface area contributed by atoms with Crippen molar-refractivity contribution in [3.63, 3.8) is 0 Å². The van der Waals surface area contributed by atoms with Gasteiger partial charge >= 0.3 is 12.2 Å². The summed E-state index contributed by atoms with van der Waals surface area (Å²) in [5.41, 5.74) is -0.510. The zero-order valence-electron chi connectivity index (χ0n) is 18.8. The number of ether oxygens (including phenoxy) is 2. The number of amides is 3. The summed E-state index contributed by atoms with van der Waals surface area (Å²) in [4.78, 5) is 27.9. The molecule has 0 bridgehead atoms. The number of rotatable bonds is 6. The number of hydrogen-bond acceptors (Lipinski definition) is 4. The number of benzene rings is 2. The van der Waals surface area contributed by atoms with E-state index in [1.807, 2.05) is 0 Å². The van der Waals surface area contributed by atoms with Crippen molar-refractivity contribution in [3.8, 4) is 11.5 Å². The third-order valence-electron chi connectivity index (χ3n) is 5.92. The molecule has 1 atom stereocenters. The lowest BCUT2D eigenvalue weighted by Crippen LogP contribution is -2.49. The Morgan fingerprint density at radius 2 is 1.82 bits per heavy atom. The van der Waals surface area contributed by atoms with Crippen LogP contribution in [0.4, 0.5) is 23.7 Å². The minimum absolute atomic E-state index is 0.0214. The van der Waals surface area contributed by atoms with E-state index in [0.29, 0.717) is 17.2 Å². The number of carbonyl (C=O) groups is 2. The molecule has 10 heteroatoms. The summed E-state index contributed by atoms with van der Waals surface area (Å²) in [7, 11) is 2.90. The van der Waals surface area contributed by atoms with Gasteiger partial charge in [-0.3, -0.25) is 9.69 Å². The fourth-order valence-corrected chi connectivity index (χ4v) is 4.17. The molecular weight excluding hydrogens is 451 g/mol. The first-order valence-electron chi connectivity index (χ1n) is 10.7. The standard InChI is InChI=1S/C24H24F3N3O4/c1-13-20(22(31)28-18-12-15(33-2)10-11-19(18)34-3)21(29-23(32)30(13)14-8-9-14)16-6-4-5-7-17(16)24(25,26)27/h4-7,10-12,14,21H,8-9H2,1-3H3,(H,28,31)(H,29,32)/t21-/m1/s1. The summed E-state index contributed by atoms with van der Waals surface area (Å²) in [6.07, 6.45) is -3.15. The van der Waals surface area contributed by atoms with Crippen molar-refractivity contribution in [2.75, 3.05) is 19.5 Å². The van der Waals surface area contributed by atoms with E-state index in [0.717, 1.165) is 18.9 Å². The molecule has 4 rings (SSSR count). The summed E-state index contributed by atoms with van der Waals surface area (Å²) < 4.78 is 51.9. The molecule has 0 saturated heterocycles. The van der Waals surface area contributed by atoms with Crippen molar-refractivity contribution in [3.05, 3.63) is 64.9 Å². The maximum Gasteiger partial charge on any atom is 0.416 e. The predicted octanol–water partition coefficient (Wildman–Crippen LogP) is 4.86. The number of methoxy groups -OCH3 is 2. The van der Waals surface area contributed by atoms with E-state index in [1.165, 1.54) is 37.3 Å². The van der Waals surface area contributed by atoms with Crippen LogP contribution in [-0.2, 0) is 11.0 Å². The third-order valence-corrected chi connectivity index (χ3v) is 5.92. The van der Waals surface area contributed by atoms with Gasteiger partial charge in [-0.1, -0.05) is 18.2 Å². The average Bonchev–Trinajstić information content (AvgIpc) is 3.63. The highest BCUT2D eigenvalue weighted by atomic mass is 19.4. The number of nitrogens with one attached hydrogen (secondary N) is 2. The summed E-state index contributed by atoms with van der Waals surface area (Å²) in [6, 6.07) is 7.80. The second-order valence-electron chi connectivity index (χ2n) is 8.09. The molecule has 0 aromatic heterocycles. The quantitative estimate of drug-likeness (QED) is 0.625. The van der Waals surface area contributed by atoms with Crippen LogP contribution in [0.3, 0.4) is 0 Å². The zero-order chi connectivity index (χ0) is 24.6. The van der Waals surface area contributed by atoms with Crippen molar-refractivity contribution < 1.29 is 32.2 Å². The van der Waals surface area contributed by atoms with Crippen LogP contribution in [0.2, 0.25) is 0 Å². The minimum Gasteiger partial charge on any atom is -0.497 e. The summed E-state index contributed by atoms with van der Waals surface area (Å²) >= 11 is 0. The molecule has 2 aliphatic rings. The number of urea groups is 1. The molecule has 1 aliphatic carbocycles. The Morgan fingerprint density at radius 3 is 2.44 bits per heavy atom. The highest BCUT2D eigenvalue weighted by Crippen LogP contribution is 2.42. The Labute approximate surface area is 194 Å². The molecule has 2 aromatic carbocycles. The van der Waals surface area contributed by atoms with E-state index in [-0.39, 0.29) is 22.9 Å². The van der Waals surface area contributed by atoms with Crippen LogP contribution in [0.15, 0.2) is 53.7 Å². The van der Waals surface area contributed by atoms with Crippen LogP contribution in [0.5, 0.6) is 11.5 Å². The summed E-state index contributed by atoms with van der Waals surface area (Å²) in [6.45, 7) is 1.58. The first-order valence-corrected chi connectivity index (χ1v) is 10.7. The van der Waals surface area contributed by atoms with Gasteiger partial charge in [0.1, 0.15) is 11.5 Å². The number of anilines is 1. The second-order valence-corrected chi connectivity index (χ2v) is 8.09. The summed E-state index contributed by atoms with van der Waals surface area (Å²) in [5, 5.41) is 5.36. The van der Waals surface area contributed by atoms with Crippen LogP contribution in [0, 0.1) is 0 Å². The molecule has 34 heavy (non-hydrogen) atoms. The predicted molar refractivity (Wildman–Crippen MR) is 118 cm³/mol. The molecule has 0 radical (unpaired) electrons. The van der Waals surface area contributed by atoms with E-state index in [9.17, 15) is 22.8 Å². The van der Waals surface area contributed by atoms with Crippen LogP contribution in [0.25, 0.3) is 0 Å². The fourth-order valence-electron chi connectivity index (χ4n) is 4.17. The Kier molecular flexibility index (Phi) is 6.16. The minimum atomic E-state index is -4.67. The lowest BCUT2D eigenvalue weighted by Gasteiger charge is -2.36. The van der Waals surface area contributed by atoms with Crippen molar-refractivity contribution in [1.82, 2.24) is 10.2 Å². The van der Waals surface area contributed by atoms with Gasteiger partial charge in [0.05, 0.1) is 37.1 Å². The molecule has 1 heterocycles. The van der Waals surface area contributed by atoms with Gasteiger partial charge < -0.3 is 20.1 Å². The van der Waals surface area contributed by atoms with Crippen LogP contribution < -0.4 is 20.1 Å². The zero-order valence-corrected chi connectivity index (χ0v) is 18.8. The second kappa shape index (κ2) is 8.92. The first kappa shape index (κ1) is 23.5. The molecule has 7 nitrogen and oxygen atoms in total. The number of hydrogen-bond donors (Lipinski definition) is 2. The third kappa shape index (κ3) is 4.40. The average molecular weight is 475 g/mol. The van der Waals surface area contributed by atoms with E-state index in [2.05, 4.69) is 10.6 Å². The van der Waals surface area contributed by atoms with Crippen molar-refractivity contribution in [2.24, 2.45) is 0 Å². The molecule has 1 aliphatic heterocycles. The Balaban J connectivity index is 1.81. The van der Waals surface area contributed by atoms with Gasteiger partial charge in [-0.15, -0.1) is 0 Å². The van der Waals surface area contributed by atoms with Gasteiger partial charge in [0.15, 0.2) is 0 Å². The Morgan fingerprint density at radius 1 is 1.12 bits per heavy atom. The number of allylic oxidation sites excluding steroid dienone is 1. The Bertz CT molecular complexity index is 1160. The maximum absolute atomic E-state index is 13.8. The number of alkyl halides is 3. The lowest BCUT2D eigenvalue weighted by atomic mass is 9.90.